The number of likely N-dealkylation sites (tertiary alicyclic amines) is 1. The third-order valence-corrected chi connectivity index (χ3v) is 4.49. The SMILES string of the molecule is Cc1noc(C2CCCN2C(=O)Cc2cncc3ccccc23)n1. The van der Waals surface area contributed by atoms with Crippen molar-refractivity contribution >= 4 is 16.7 Å². The van der Waals surface area contributed by atoms with Crippen LogP contribution in [0.1, 0.15) is 36.2 Å². The van der Waals surface area contributed by atoms with E-state index in [2.05, 4.69) is 15.1 Å². The van der Waals surface area contributed by atoms with Crippen LogP contribution in [0.4, 0.5) is 0 Å². The van der Waals surface area contributed by atoms with Gasteiger partial charge in [0.2, 0.25) is 11.8 Å². The van der Waals surface area contributed by atoms with Gasteiger partial charge in [0.15, 0.2) is 5.82 Å². The van der Waals surface area contributed by atoms with Crippen LogP contribution >= 0.6 is 0 Å². The molecule has 3 aromatic rings. The Kier molecular flexibility index (Phi) is 3.72. The first-order valence-corrected chi connectivity index (χ1v) is 8.13. The van der Waals surface area contributed by atoms with E-state index >= 15 is 0 Å². The van der Waals surface area contributed by atoms with Crippen LogP contribution in [-0.4, -0.2) is 32.5 Å². The number of fused-ring (bicyclic) bond motifs is 1. The molecule has 1 aliphatic heterocycles. The van der Waals surface area contributed by atoms with Crippen LogP contribution < -0.4 is 0 Å². The van der Waals surface area contributed by atoms with Crippen LogP contribution in [0.2, 0.25) is 0 Å². The van der Waals surface area contributed by atoms with Crippen molar-refractivity contribution < 1.29 is 9.32 Å². The Labute approximate surface area is 139 Å². The van der Waals surface area contributed by atoms with Gasteiger partial charge in [0.1, 0.15) is 6.04 Å². The predicted molar refractivity (Wildman–Crippen MR) is 88.2 cm³/mol. The monoisotopic (exact) mass is 322 g/mol. The van der Waals surface area contributed by atoms with Gasteiger partial charge in [-0.25, -0.2) is 0 Å². The minimum atomic E-state index is -0.110. The summed E-state index contributed by atoms with van der Waals surface area (Å²) < 4.78 is 5.28. The lowest BCUT2D eigenvalue weighted by Crippen LogP contribution is -2.32. The maximum absolute atomic E-state index is 12.9. The van der Waals surface area contributed by atoms with E-state index in [1.807, 2.05) is 35.4 Å². The number of carbonyl (C=O) groups excluding carboxylic acids is 1. The van der Waals surface area contributed by atoms with Crippen molar-refractivity contribution in [3.63, 3.8) is 0 Å². The zero-order valence-electron chi connectivity index (χ0n) is 13.5. The topological polar surface area (TPSA) is 72.1 Å². The Morgan fingerprint density at radius 3 is 3.04 bits per heavy atom. The molecule has 1 unspecified atom stereocenters. The quantitative estimate of drug-likeness (QED) is 0.741. The maximum Gasteiger partial charge on any atom is 0.249 e. The van der Waals surface area contributed by atoms with Crippen molar-refractivity contribution in [3.8, 4) is 0 Å². The number of pyridine rings is 1. The fourth-order valence-electron chi connectivity index (χ4n) is 3.35. The molecule has 1 atom stereocenters. The second-order valence-corrected chi connectivity index (χ2v) is 6.12. The summed E-state index contributed by atoms with van der Waals surface area (Å²) in [5, 5.41) is 5.97. The molecular weight excluding hydrogens is 304 g/mol. The summed E-state index contributed by atoms with van der Waals surface area (Å²) in [6, 6.07) is 7.89. The van der Waals surface area contributed by atoms with Crippen LogP contribution in [0.3, 0.4) is 0 Å². The standard InChI is InChI=1S/C18H18N4O2/c1-12-20-18(24-21-12)16-7-4-8-22(16)17(23)9-14-11-19-10-13-5-2-3-6-15(13)14/h2-3,5-6,10-11,16H,4,7-9H2,1H3. The van der Waals surface area contributed by atoms with Gasteiger partial charge >= 0.3 is 0 Å². The Morgan fingerprint density at radius 2 is 2.21 bits per heavy atom. The van der Waals surface area contributed by atoms with Crippen molar-refractivity contribution in [2.24, 2.45) is 0 Å². The maximum atomic E-state index is 12.9. The summed E-state index contributed by atoms with van der Waals surface area (Å²) >= 11 is 0. The van der Waals surface area contributed by atoms with E-state index < -0.39 is 0 Å². The lowest BCUT2D eigenvalue weighted by atomic mass is 10.0. The predicted octanol–water partition coefficient (Wildman–Crippen LogP) is 2.83. The van der Waals surface area contributed by atoms with Crippen LogP contribution in [0, 0.1) is 6.92 Å². The van der Waals surface area contributed by atoms with Crippen LogP contribution in [-0.2, 0) is 11.2 Å². The average molecular weight is 322 g/mol. The highest BCUT2D eigenvalue weighted by molar-refractivity contribution is 5.89. The Morgan fingerprint density at radius 1 is 1.33 bits per heavy atom. The number of hydrogen-bond acceptors (Lipinski definition) is 5. The lowest BCUT2D eigenvalue weighted by Gasteiger charge is -2.22. The number of rotatable bonds is 3. The van der Waals surface area contributed by atoms with E-state index in [-0.39, 0.29) is 11.9 Å². The minimum absolute atomic E-state index is 0.0755. The Bertz CT molecular complexity index is 884. The van der Waals surface area contributed by atoms with E-state index in [0.29, 0.717) is 18.1 Å². The molecule has 6 heteroatoms. The Hall–Kier alpha value is -2.76. The molecule has 0 saturated carbocycles. The third-order valence-electron chi connectivity index (χ3n) is 4.49. The van der Waals surface area contributed by atoms with Gasteiger partial charge in [0.05, 0.1) is 6.42 Å². The molecule has 2 aromatic heterocycles. The molecule has 1 amide bonds. The second kappa shape index (κ2) is 6.03. The summed E-state index contributed by atoms with van der Waals surface area (Å²) in [4.78, 5) is 23.3. The van der Waals surface area contributed by atoms with Gasteiger partial charge in [0, 0.05) is 24.3 Å². The van der Waals surface area contributed by atoms with Crippen LogP contribution in [0.25, 0.3) is 10.8 Å². The summed E-state index contributed by atoms with van der Waals surface area (Å²) in [5.74, 6) is 1.21. The molecule has 1 aromatic carbocycles. The first-order chi connectivity index (χ1) is 11.7. The summed E-state index contributed by atoms with van der Waals surface area (Å²) in [6.45, 7) is 2.51. The number of aromatic nitrogens is 3. The molecule has 0 aliphatic carbocycles. The van der Waals surface area contributed by atoms with E-state index in [4.69, 9.17) is 4.52 Å². The molecular formula is C18H18N4O2. The fraction of sp³-hybridized carbons (Fsp3) is 0.333. The molecule has 0 radical (unpaired) electrons. The van der Waals surface area contributed by atoms with Gasteiger partial charge < -0.3 is 9.42 Å². The minimum Gasteiger partial charge on any atom is -0.337 e. The van der Waals surface area contributed by atoms with Crippen molar-refractivity contribution in [3.05, 3.63) is 53.9 Å². The number of nitrogens with zero attached hydrogens (tertiary/aromatic N) is 4. The summed E-state index contributed by atoms with van der Waals surface area (Å²) in [6.07, 6.45) is 5.75. The number of hydrogen-bond donors (Lipinski definition) is 0. The molecule has 1 fully saturated rings. The van der Waals surface area contributed by atoms with Crippen molar-refractivity contribution in [1.29, 1.82) is 0 Å². The molecule has 0 spiro atoms. The molecule has 0 bridgehead atoms. The Balaban J connectivity index is 1.59. The molecule has 1 saturated heterocycles. The summed E-state index contributed by atoms with van der Waals surface area (Å²) in [7, 11) is 0. The van der Waals surface area contributed by atoms with Crippen molar-refractivity contribution in [2.75, 3.05) is 6.54 Å². The zero-order valence-corrected chi connectivity index (χ0v) is 13.5. The number of amides is 1. The van der Waals surface area contributed by atoms with Gasteiger partial charge in [-0.2, -0.15) is 4.98 Å². The number of aryl methyl sites for hydroxylation is 1. The molecule has 4 rings (SSSR count). The zero-order chi connectivity index (χ0) is 16.5. The van der Waals surface area contributed by atoms with Gasteiger partial charge in [0.25, 0.3) is 0 Å². The molecule has 6 nitrogen and oxygen atoms in total. The van der Waals surface area contributed by atoms with Crippen LogP contribution in [0.15, 0.2) is 41.2 Å². The summed E-state index contributed by atoms with van der Waals surface area (Å²) in [5.41, 5.74) is 0.949. The van der Waals surface area contributed by atoms with Gasteiger partial charge in [-0.1, -0.05) is 29.4 Å². The highest BCUT2D eigenvalue weighted by Crippen LogP contribution is 2.31. The van der Waals surface area contributed by atoms with Gasteiger partial charge in [-0.15, -0.1) is 0 Å². The van der Waals surface area contributed by atoms with Crippen LogP contribution in [0.5, 0.6) is 0 Å². The number of carbonyl (C=O) groups is 1. The first-order valence-electron chi connectivity index (χ1n) is 8.13. The van der Waals surface area contributed by atoms with Gasteiger partial charge in [-0.05, 0) is 30.7 Å². The number of benzene rings is 1. The van der Waals surface area contributed by atoms with Crippen molar-refractivity contribution in [1.82, 2.24) is 20.0 Å². The molecule has 0 N–H and O–H groups in total. The second-order valence-electron chi connectivity index (χ2n) is 6.12. The molecule has 1 aliphatic rings. The van der Waals surface area contributed by atoms with E-state index in [1.165, 1.54) is 0 Å². The molecule has 3 heterocycles. The van der Waals surface area contributed by atoms with E-state index in [0.717, 1.165) is 35.7 Å². The smallest absolute Gasteiger partial charge is 0.249 e. The average Bonchev–Trinajstić information content (AvgIpc) is 3.24. The van der Waals surface area contributed by atoms with Gasteiger partial charge in [-0.3, -0.25) is 9.78 Å². The van der Waals surface area contributed by atoms with E-state index in [1.54, 1.807) is 13.1 Å². The van der Waals surface area contributed by atoms with E-state index in [9.17, 15) is 4.79 Å². The van der Waals surface area contributed by atoms with Crippen molar-refractivity contribution in [2.45, 2.75) is 32.2 Å². The lowest BCUT2D eigenvalue weighted by molar-refractivity contribution is -0.131. The normalized spacial score (nSPS) is 17.5. The third kappa shape index (κ3) is 2.64. The largest absolute Gasteiger partial charge is 0.337 e. The first kappa shape index (κ1) is 14.8. The molecule has 122 valence electrons. The fourth-order valence-corrected chi connectivity index (χ4v) is 3.35. The highest BCUT2D eigenvalue weighted by Gasteiger charge is 2.33. The molecule has 24 heavy (non-hydrogen) atoms. The highest BCUT2D eigenvalue weighted by atomic mass is 16.5.